The van der Waals surface area contributed by atoms with E-state index in [1.54, 1.807) is 14.2 Å². The number of nitrogens with one attached hydrogen (secondary N) is 1. The number of anilines is 1. The highest BCUT2D eigenvalue weighted by Gasteiger charge is 2.31. The largest absolute Gasteiger partial charge is 0.497 e. The molecule has 0 unspecified atom stereocenters. The van der Waals surface area contributed by atoms with E-state index in [-0.39, 0.29) is 5.91 Å². The Labute approximate surface area is 167 Å². The molecule has 0 heterocycles. The quantitative estimate of drug-likeness (QED) is 0.697. The number of rotatable bonds is 9. The van der Waals surface area contributed by atoms with E-state index in [2.05, 4.69) is 30.1 Å². The van der Waals surface area contributed by atoms with Gasteiger partial charge in [0, 0.05) is 23.8 Å². The number of amides is 1. The molecule has 0 atom stereocenters. The number of para-hydroxylation sites is 1. The minimum Gasteiger partial charge on any atom is -0.497 e. The summed E-state index contributed by atoms with van der Waals surface area (Å²) in [6.07, 6.45) is 2.25. The molecular weight excluding hydrogens is 352 g/mol. The van der Waals surface area contributed by atoms with E-state index in [1.165, 1.54) is 0 Å². The number of carbonyl (C=O) groups excluding carboxylic acids is 1. The van der Waals surface area contributed by atoms with Crippen LogP contribution in [0.2, 0.25) is 0 Å². The number of methoxy groups -OCH3 is 2. The molecule has 0 radical (unpaired) electrons. The van der Waals surface area contributed by atoms with Crippen LogP contribution in [0.25, 0.3) is 0 Å². The standard InChI is InChI=1S/C23H30N2O3/c1-16(2)20-7-5-6-8-21(20)24-23(26)15-25(18-9-10-18)14-17-13-19(27-3)11-12-22(17)28-4/h5-8,11-13,16,18H,9-10,14-15H2,1-4H3,(H,24,26). The van der Waals surface area contributed by atoms with Crippen LogP contribution in [0.3, 0.4) is 0 Å². The monoisotopic (exact) mass is 382 g/mol. The zero-order chi connectivity index (χ0) is 20.1. The fraction of sp³-hybridized carbons (Fsp3) is 0.435. The summed E-state index contributed by atoms with van der Waals surface area (Å²) in [5.74, 6) is 1.98. The fourth-order valence-corrected chi connectivity index (χ4v) is 3.47. The van der Waals surface area contributed by atoms with Crippen molar-refractivity contribution in [3.8, 4) is 11.5 Å². The maximum Gasteiger partial charge on any atom is 0.238 e. The lowest BCUT2D eigenvalue weighted by atomic mass is 10.0. The van der Waals surface area contributed by atoms with Crippen molar-refractivity contribution in [1.82, 2.24) is 4.90 Å². The van der Waals surface area contributed by atoms with Gasteiger partial charge in [0.1, 0.15) is 11.5 Å². The van der Waals surface area contributed by atoms with Crippen LogP contribution in [0.15, 0.2) is 42.5 Å². The Hall–Kier alpha value is -2.53. The van der Waals surface area contributed by atoms with Crippen LogP contribution in [0, 0.1) is 0 Å². The van der Waals surface area contributed by atoms with Crippen molar-refractivity contribution in [1.29, 1.82) is 0 Å². The highest BCUT2D eigenvalue weighted by molar-refractivity contribution is 5.93. The van der Waals surface area contributed by atoms with Gasteiger partial charge in [0.2, 0.25) is 5.91 Å². The first-order chi connectivity index (χ1) is 13.5. The molecule has 1 saturated carbocycles. The average molecular weight is 383 g/mol. The summed E-state index contributed by atoms with van der Waals surface area (Å²) < 4.78 is 10.9. The lowest BCUT2D eigenvalue weighted by molar-refractivity contribution is -0.117. The minimum absolute atomic E-state index is 0.0156. The third-order valence-corrected chi connectivity index (χ3v) is 5.13. The molecule has 0 bridgehead atoms. The zero-order valence-corrected chi connectivity index (χ0v) is 17.2. The van der Waals surface area contributed by atoms with Crippen LogP contribution >= 0.6 is 0 Å². The predicted octanol–water partition coefficient (Wildman–Crippen LogP) is 4.43. The lowest BCUT2D eigenvalue weighted by Gasteiger charge is -2.23. The van der Waals surface area contributed by atoms with Gasteiger partial charge in [0.15, 0.2) is 0 Å². The van der Waals surface area contributed by atoms with E-state index in [0.717, 1.165) is 41.2 Å². The Morgan fingerprint density at radius 3 is 2.54 bits per heavy atom. The van der Waals surface area contributed by atoms with Crippen LogP contribution in [0.1, 0.15) is 43.7 Å². The Morgan fingerprint density at radius 1 is 1.14 bits per heavy atom. The molecule has 1 N–H and O–H groups in total. The SMILES string of the molecule is COc1ccc(OC)c(CN(CC(=O)Nc2ccccc2C(C)C)C2CC2)c1. The molecular formula is C23H30N2O3. The van der Waals surface area contributed by atoms with Crippen molar-refractivity contribution in [2.24, 2.45) is 0 Å². The maximum absolute atomic E-state index is 12.8. The van der Waals surface area contributed by atoms with Gasteiger partial charge in [-0.1, -0.05) is 32.0 Å². The summed E-state index contributed by atoms with van der Waals surface area (Å²) in [6.45, 7) is 5.29. The summed E-state index contributed by atoms with van der Waals surface area (Å²) in [7, 11) is 3.33. The topological polar surface area (TPSA) is 50.8 Å². The van der Waals surface area contributed by atoms with Crippen LogP contribution in [-0.4, -0.2) is 37.6 Å². The van der Waals surface area contributed by atoms with Gasteiger partial charge in [0.05, 0.1) is 20.8 Å². The molecule has 150 valence electrons. The smallest absolute Gasteiger partial charge is 0.238 e. The number of hydrogen-bond acceptors (Lipinski definition) is 4. The maximum atomic E-state index is 12.8. The second-order valence-corrected chi connectivity index (χ2v) is 7.60. The van der Waals surface area contributed by atoms with Crippen molar-refractivity contribution < 1.29 is 14.3 Å². The summed E-state index contributed by atoms with van der Waals surface area (Å²) in [5, 5.41) is 3.11. The summed E-state index contributed by atoms with van der Waals surface area (Å²) in [6, 6.07) is 14.2. The van der Waals surface area contributed by atoms with Gasteiger partial charge < -0.3 is 14.8 Å². The van der Waals surface area contributed by atoms with Gasteiger partial charge in [-0.25, -0.2) is 0 Å². The molecule has 5 nitrogen and oxygen atoms in total. The van der Waals surface area contributed by atoms with E-state index in [9.17, 15) is 4.79 Å². The molecule has 1 fully saturated rings. The van der Waals surface area contributed by atoms with Crippen LogP contribution < -0.4 is 14.8 Å². The van der Waals surface area contributed by atoms with E-state index in [0.29, 0.717) is 25.0 Å². The van der Waals surface area contributed by atoms with Crippen molar-refractivity contribution in [3.63, 3.8) is 0 Å². The van der Waals surface area contributed by atoms with E-state index >= 15 is 0 Å². The number of carbonyl (C=O) groups is 1. The second-order valence-electron chi connectivity index (χ2n) is 7.60. The molecule has 0 aliphatic heterocycles. The third-order valence-electron chi connectivity index (χ3n) is 5.13. The molecule has 5 heteroatoms. The van der Waals surface area contributed by atoms with E-state index < -0.39 is 0 Å². The molecule has 3 rings (SSSR count). The van der Waals surface area contributed by atoms with Crippen LogP contribution in [-0.2, 0) is 11.3 Å². The number of ether oxygens (including phenoxy) is 2. The Bertz CT molecular complexity index is 815. The van der Waals surface area contributed by atoms with Gasteiger partial charge in [-0.05, 0) is 48.6 Å². The van der Waals surface area contributed by atoms with E-state index in [4.69, 9.17) is 9.47 Å². The highest BCUT2D eigenvalue weighted by atomic mass is 16.5. The summed E-state index contributed by atoms with van der Waals surface area (Å²) in [4.78, 5) is 15.0. The first-order valence-corrected chi connectivity index (χ1v) is 9.85. The number of hydrogen-bond donors (Lipinski definition) is 1. The first-order valence-electron chi connectivity index (χ1n) is 9.85. The zero-order valence-electron chi connectivity index (χ0n) is 17.2. The molecule has 0 saturated heterocycles. The van der Waals surface area contributed by atoms with Crippen molar-refractivity contribution in [2.45, 2.75) is 45.2 Å². The van der Waals surface area contributed by atoms with Gasteiger partial charge in [-0.3, -0.25) is 9.69 Å². The highest BCUT2D eigenvalue weighted by Crippen LogP contribution is 2.32. The van der Waals surface area contributed by atoms with Gasteiger partial charge in [-0.15, -0.1) is 0 Å². The molecule has 0 spiro atoms. The fourth-order valence-electron chi connectivity index (χ4n) is 3.47. The van der Waals surface area contributed by atoms with Crippen molar-refractivity contribution in [2.75, 3.05) is 26.1 Å². The summed E-state index contributed by atoms with van der Waals surface area (Å²) >= 11 is 0. The second kappa shape index (κ2) is 9.11. The number of nitrogens with zero attached hydrogens (tertiary/aromatic N) is 1. The molecule has 1 amide bonds. The molecule has 1 aliphatic rings. The van der Waals surface area contributed by atoms with E-state index in [1.807, 2.05) is 36.4 Å². The van der Waals surface area contributed by atoms with Gasteiger partial charge >= 0.3 is 0 Å². The normalized spacial score (nSPS) is 13.6. The molecule has 0 aromatic heterocycles. The molecule has 28 heavy (non-hydrogen) atoms. The predicted molar refractivity (Wildman–Crippen MR) is 112 cm³/mol. The molecule has 1 aliphatic carbocycles. The van der Waals surface area contributed by atoms with Crippen molar-refractivity contribution >= 4 is 11.6 Å². The third kappa shape index (κ3) is 5.04. The van der Waals surface area contributed by atoms with Crippen LogP contribution in [0.4, 0.5) is 5.69 Å². The van der Waals surface area contributed by atoms with Crippen LogP contribution in [0.5, 0.6) is 11.5 Å². The minimum atomic E-state index is 0.0156. The molecule has 2 aromatic rings. The summed E-state index contributed by atoms with van der Waals surface area (Å²) in [5.41, 5.74) is 3.09. The number of benzene rings is 2. The Kier molecular flexibility index (Phi) is 6.57. The van der Waals surface area contributed by atoms with Gasteiger partial charge in [-0.2, -0.15) is 0 Å². The Morgan fingerprint density at radius 2 is 1.89 bits per heavy atom. The average Bonchev–Trinajstić information content (AvgIpc) is 3.53. The van der Waals surface area contributed by atoms with Crippen molar-refractivity contribution in [3.05, 3.63) is 53.6 Å². The lowest BCUT2D eigenvalue weighted by Crippen LogP contribution is -2.34. The Balaban J connectivity index is 1.72. The first kappa shape index (κ1) is 20.2. The molecule has 2 aromatic carbocycles. The van der Waals surface area contributed by atoms with Gasteiger partial charge in [0.25, 0.3) is 0 Å².